The molecular weight excluding hydrogens is 364 g/mol. The van der Waals surface area contributed by atoms with E-state index in [2.05, 4.69) is 0 Å². The fourth-order valence-corrected chi connectivity index (χ4v) is 3.58. The number of aromatic nitrogens is 2. The van der Waals surface area contributed by atoms with Crippen molar-refractivity contribution in [2.45, 2.75) is 12.5 Å². The maximum Gasteiger partial charge on any atom is 0.349 e. The summed E-state index contributed by atoms with van der Waals surface area (Å²) in [4.78, 5) is 12.2. The lowest BCUT2D eigenvalue weighted by molar-refractivity contribution is -0.593. The Balaban J connectivity index is 1.92. The van der Waals surface area contributed by atoms with Crippen molar-refractivity contribution in [1.29, 1.82) is 0 Å². The Labute approximate surface area is 168 Å². The van der Waals surface area contributed by atoms with E-state index in [0.717, 1.165) is 21.4 Å². The lowest BCUT2D eigenvalue weighted by Gasteiger charge is -2.13. The first kappa shape index (κ1) is 18.5. The van der Waals surface area contributed by atoms with Crippen LogP contribution in [0.1, 0.15) is 11.6 Å². The third-order valence-electron chi connectivity index (χ3n) is 4.92. The molecule has 1 unspecified atom stereocenters. The van der Waals surface area contributed by atoms with Crippen LogP contribution in [0.4, 0.5) is 0 Å². The third kappa shape index (κ3) is 3.75. The Bertz CT molecular complexity index is 1110. The normalized spacial score (nSPS) is 11.9. The van der Waals surface area contributed by atoms with Gasteiger partial charge in [-0.05, 0) is 5.56 Å². The lowest BCUT2D eigenvalue weighted by atomic mass is 10.0. The summed E-state index contributed by atoms with van der Waals surface area (Å²) in [6.45, 7) is 0. The van der Waals surface area contributed by atoms with Gasteiger partial charge < -0.3 is 10.3 Å². The average Bonchev–Trinajstić information content (AvgIpc) is 3.10. The second-order valence-corrected chi connectivity index (χ2v) is 6.82. The van der Waals surface area contributed by atoms with E-state index in [1.165, 1.54) is 6.33 Å². The van der Waals surface area contributed by atoms with E-state index in [-0.39, 0.29) is 6.42 Å². The van der Waals surface area contributed by atoms with Gasteiger partial charge in [0.05, 0.1) is 0 Å². The summed E-state index contributed by atoms with van der Waals surface area (Å²) >= 11 is 0. The molecule has 5 nitrogen and oxygen atoms in total. The minimum Gasteiger partial charge on any atom is -0.710 e. The summed E-state index contributed by atoms with van der Waals surface area (Å²) < 4.78 is 2.35. The number of hydrogen-bond acceptors (Lipinski definition) is 2. The zero-order valence-corrected chi connectivity index (χ0v) is 15.7. The number of imidazole rings is 1. The lowest BCUT2D eigenvalue weighted by Crippen LogP contribution is -2.27. The molecule has 4 rings (SSSR count). The van der Waals surface area contributed by atoms with E-state index in [1.807, 2.05) is 91.0 Å². The van der Waals surface area contributed by atoms with Crippen LogP contribution in [0.25, 0.3) is 22.5 Å². The number of aliphatic carboxylic acids is 1. The zero-order chi connectivity index (χ0) is 20.2. The van der Waals surface area contributed by atoms with Crippen molar-refractivity contribution in [2.75, 3.05) is 0 Å². The Morgan fingerprint density at radius 3 is 1.93 bits per heavy atom. The second kappa shape index (κ2) is 8.02. The van der Waals surface area contributed by atoms with Gasteiger partial charge in [0.1, 0.15) is 0 Å². The Morgan fingerprint density at radius 1 is 0.862 bits per heavy atom. The van der Waals surface area contributed by atoms with Crippen molar-refractivity contribution in [2.24, 2.45) is 0 Å². The molecule has 144 valence electrons. The number of hydrogen-bond donors (Lipinski definition) is 1. The van der Waals surface area contributed by atoms with E-state index in [1.54, 1.807) is 4.57 Å². The Kier molecular flexibility index (Phi) is 5.12. The first-order valence-corrected chi connectivity index (χ1v) is 9.36. The van der Waals surface area contributed by atoms with Gasteiger partial charge in [0, 0.05) is 17.5 Å². The minimum absolute atomic E-state index is 0.277. The van der Waals surface area contributed by atoms with Crippen LogP contribution in [0.3, 0.4) is 0 Å². The Morgan fingerprint density at radius 2 is 1.38 bits per heavy atom. The molecule has 5 heteroatoms. The molecule has 0 aliphatic carbocycles. The molecule has 0 spiro atoms. The van der Waals surface area contributed by atoms with Gasteiger partial charge in [-0.15, -0.1) is 0 Å². The van der Waals surface area contributed by atoms with E-state index >= 15 is 0 Å². The first-order valence-electron chi connectivity index (χ1n) is 9.36. The largest absolute Gasteiger partial charge is 0.710 e. The van der Waals surface area contributed by atoms with Crippen molar-refractivity contribution in [3.8, 4) is 22.5 Å². The highest BCUT2D eigenvalue weighted by Crippen LogP contribution is 2.33. The van der Waals surface area contributed by atoms with Gasteiger partial charge in [-0.25, -0.2) is 14.1 Å². The maximum atomic E-state index is 12.9. The second-order valence-electron chi connectivity index (χ2n) is 6.82. The molecule has 0 fully saturated rings. The van der Waals surface area contributed by atoms with Crippen molar-refractivity contribution < 1.29 is 14.6 Å². The number of carboxylic acids is 1. The molecule has 0 saturated heterocycles. The van der Waals surface area contributed by atoms with Gasteiger partial charge in [0.15, 0.2) is 11.4 Å². The summed E-state index contributed by atoms with van der Waals surface area (Å²) in [5.41, 5.74) is 3.46. The van der Waals surface area contributed by atoms with Crippen molar-refractivity contribution in [3.05, 3.63) is 108 Å². The molecular formula is C24H20N2O3. The number of benzene rings is 3. The fourth-order valence-electron chi connectivity index (χ4n) is 3.58. The molecule has 4 aromatic rings. The quantitative estimate of drug-likeness (QED) is 0.397. The Hall–Kier alpha value is -3.86. The van der Waals surface area contributed by atoms with Crippen LogP contribution < -0.4 is 4.73 Å². The highest BCUT2D eigenvalue weighted by Gasteiger charge is 2.32. The van der Waals surface area contributed by atoms with Crippen molar-refractivity contribution in [1.82, 2.24) is 4.57 Å². The predicted octanol–water partition coefficient (Wildman–Crippen LogP) is 4.32. The van der Waals surface area contributed by atoms with Crippen LogP contribution >= 0.6 is 0 Å². The number of rotatable bonds is 6. The fraction of sp³-hybridized carbons (Fsp3) is 0.0833. The van der Waals surface area contributed by atoms with Gasteiger partial charge in [0.2, 0.25) is 12.4 Å². The predicted molar refractivity (Wildman–Crippen MR) is 111 cm³/mol. The average molecular weight is 384 g/mol. The first-order chi connectivity index (χ1) is 14.1. The van der Waals surface area contributed by atoms with E-state index in [9.17, 15) is 15.1 Å². The zero-order valence-electron chi connectivity index (χ0n) is 15.7. The number of carbonyl (C=O) groups is 1. The molecule has 0 aliphatic heterocycles. The van der Waals surface area contributed by atoms with Crippen LogP contribution in [0.15, 0.2) is 97.3 Å². The molecule has 3 aromatic carbocycles. The standard InChI is InChI=1S/C24H20N2O3/c27-24(28)21(16-18-10-4-1-5-11-18)25-17-26(29)23(20-14-8-3-9-15-20)22(25)19-12-6-2-7-13-19/h1-15,17,21H,16H2,(H,27,28). The molecule has 1 N–H and O–H groups in total. The van der Waals surface area contributed by atoms with Gasteiger partial charge in [-0.3, -0.25) is 0 Å². The molecule has 0 bridgehead atoms. The van der Waals surface area contributed by atoms with Crippen molar-refractivity contribution in [3.63, 3.8) is 0 Å². The molecule has 1 aromatic heterocycles. The van der Waals surface area contributed by atoms with Crippen LogP contribution in [0.5, 0.6) is 0 Å². The number of nitrogens with zero attached hydrogens (tertiary/aromatic N) is 2. The summed E-state index contributed by atoms with van der Waals surface area (Å²) in [6, 6.07) is 27.3. The van der Waals surface area contributed by atoms with Gasteiger partial charge in [-0.2, -0.15) is 0 Å². The molecule has 0 saturated carbocycles. The topological polar surface area (TPSA) is 69.2 Å². The van der Waals surface area contributed by atoms with Crippen LogP contribution in [0, 0.1) is 5.21 Å². The SMILES string of the molecule is O=C(O)C(Cc1ccccc1)n1c[n+]([O-])c(-c2ccccc2)c1-c1ccccc1. The summed E-state index contributed by atoms with van der Waals surface area (Å²) in [5, 5.41) is 22.9. The van der Waals surface area contributed by atoms with E-state index in [4.69, 9.17) is 0 Å². The maximum absolute atomic E-state index is 12.9. The van der Waals surface area contributed by atoms with Crippen LogP contribution in [0.2, 0.25) is 0 Å². The minimum atomic E-state index is -0.985. The monoisotopic (exact) mass is 384 g/mol. The number of carboxylic acid groups (broad SMARTS) is 1. The van der Waals surface area contributed by atoms with Gasteiger partial charge >= 0.3 is 5.97 Å². The molecule has 0 aliphatic rings. The summed E-state index contributed by atoms with van der Waals surface area (Å²) in [7, 11) is 0. The molecule has 0 amide bonds. The third-order valence-corrected chi connectivity index (χ3v) is 4.92. The molecule has 1 atom stereocenters. The van der Waals surface area contributed by atoms with Gasteiger partial charge in [0.25, 0.3) is 0 Å². The highest BCUT2D eigenvalue weighted by molar-refractivity contribution is 5.79. The summed E-state index contributed by atoms with van der Waals surface area (Å²) in [6.07, 6.45) is 1.62. The van der Waals surface area contributed by atoms with Gasteiger partial charge in [-0.1, -0.05) is 91.0 Å². The molecule has 1 heterocycles. The smallest absolute Gasteiger partial charge is 0.349 e. The molecule has 29 heavy (non-hydrogen) atoms. The van der Waals surface area contributed by atoms with Crippen LogP contribution in [-0.2, 0) is 11.2 Å². The van der Waals surface area contributed by atoms with E-state index in [0.29, 0.717) is 11.4 Å². The van der Waals surface area contributed by atoms with Crippen molar-refractivity contribution >= 4 is 5.97 Å². The highest BCUT2D eigenvalue weighted by atomic mass is 16.5. The molecule has 0 radical (unpaired) electrons. The van der Waals surface area contributed by atoms with E-state index < -0.39 is 12.0 Å². The van der Waals surface area contributed by atoms with Crippen LogP contribution in [-0.4, -0.2) is 15.6 Å². The summed E-state index contributed by atoms with van der Waals surface area (Å²) in [5.74, 6) is -0.985.